The number of carboxylic acid groups (broad SMARTS) is 1. The van der Waals surface area contributed by atoms with Crippen LogP contribution in [0.2, 0.25) is 0 Å². The van der Waals surface area contributed by atoms with Gasteiger partial charge < -0.3 is 10.4 Å². The fraction of sp³-hybridized carbons (Fsp3) is 0.353. The lowest BCUT2D eigenvalue weighted by molar-refractivity contribution is -0.142. The van der Waals surface area contributed by atoms with Crippen LogP contribution in [0.25, 0.3) is 0 Å². The van der Waals surface area contributed by atoms with Gasteiger partial charge in [-0.15, -0.1) is 0 Å². The van der Waals surface area contributed by atoms with E-state index in [4.69, 9.17) is 5.11 Å². The molecule has 1 atom stereocenters. The zero-order valence-electron chi connectivity index (χ0n) is 14.9. The van der Waals surface area contributed by atoms with E-state index in [1.54, 1.807) is 13.8 Å². The minimum absolute atomic E-state index is 0.00176. The highest BCUT2D eigenvalue weighted by atomic mass is 19.4. The number of nitrogens with zero attached hydrogens (tertiary/aromatic N) is 3. The number of anilines is 1. The maximum absolute atomic E-state index is 12.9. The Bertz CT molecular complexity index is 923. The van der Waals surface area contributed by atoms with Crippen molar-refractivity contribution in [2.45, 2.75) is 32.5 Å². The lowest BCUT2D eigenvalue weighted by Crippen LogP contribution is -2.35. The fourth-order valence-electron chi connectivity index (χ4n) is 2.41. The molecule has 0 aliphatic rings. The van der Waals surface area contributed by atoms with Crippen molar-refractivity contribution >= 4 is 17.7 Å². The molecule has 150 valence electrons. The first-order valence-corrected chi connectivity index (χ1v) is 8.14. The first-order chi connectivity index (χ1) is 13.0. The molecular weight excluding hydrogens is 381 g/mol. The van der Waals surface area contributed by atoms with E-state index in [9.17, 15) is 27.6 Å². The molecule has 2 heterocycles. The molecule has 2 aromatic heterocycles. The third-order valence-electron chi connectivity index (χ3n) is 3.72. The molecule has 2 rings (SSSR count). The molecule has 8 nitrogen and oxygen atoms in total. The highest BCUT2D eigenvalue weighted by Gasteiger charge is 2.34. The van der Waals surface area contributed by atoms with Crippen LogP contribution in [0.4, 0.5) is 19.0 Å². The van der Waals surface area contributed by atoms with Crippen LogP contribution in [-0.4, -0.2) is 31.5 Å². The molecule has 0 spiro atoms. The molecule has 28 heavy (non-hydrogen) atoms. The van der Waals surface area contributed by atoms with E-state index in [0.717, 1.165) is 6.20 Å². The van der Waals surface area contributed by atoms with Crippen LogP contribution < -0.4 is 10.9 Å². The van der Waals surface area contributed by atoms with Crippen molar-refractivity contribution in [2.75, 3.05) is 5.32 Å². The zero-order valence-corrected chi connectivity index (χ0v) is 14.9. The lowest BCUT2D eigenvalue weighted by atomic mass is 10.0. The van der Waals surface area contributed by atoms with Crippen molar-refractivity contribution in [3.05, 3.63) is 52.3 Å². The number of carbonyl (C=O) groups excluding carboxylic acids is 1. The number of hydrogen-bond donors (Lipinski definition) is 2. The number of nitrogens with one attached hydrogen (secondary N) is 1. The molecular formula is C17H17F3N4O4. The number of rotatable bonds is 6. The lowest BCUT2D eigenvalue weighted by Gasteiger charge is -2.21. The first-order valence-electron chi connectivity index (χ1n) is 8.14. The topological polar surface area (TPSA) is 114 Å². The highest BCUT2D eigenvalue weighted by Crippen LogP contribution is 2.27. The van der Waals surface area contributed by atoms with Gasteiger partial charge in [0.15, 0.2) is 5.69 Å². The van der Waals surface area contributed by atoms with Crippen molar-refractivity contribution in [2.24, 2.45) is 5.92 Å². The van der Waals surface area contributed by atoms with E-state index in [1.807, 2.05) is 0 Å². The second kappa shape index (κ2) is 8.19. The van der Waals surface area contributed by atoms with Gasteiger partial charge in [0.2, 0.25) is 5.91 Å². The van der Waals surface area contributed by atoms with Gasteiger partial charge in [0.05, 0.1) is 11.8 Å². The Labute approximate surface area is 157 Å². The Balaban J connectivity index is 2.36. The number of pyridine rings is 1. The van der Waals surface area contributed by atoms with Crippen LogP contribution >= 0.6 is 0 Å². The Morgan fingerprint density at radius 1 is 1.21 bits per heavy atom. The third-order valence-corrected chi connectivity index (χ3v) is 3.72. The number of aromatic carboxylic acids is 1. The summed E-state index contributed by atoms with van der Waals surface area (Å²) in [6.45, 7) is 3.49. The van der Waals surface area contributed by atoms with E-state index < -0.39 is 35.3 Å². The van der Waals surface area contributed by atoms with Crippen LogP contribution in [0.1, 0.15) is 42.4 Å². The normalized spacial score (nSPS) is 12.6. The van der Waals surface area contributed by atoms with Gasteiger partial charge in [-0.3, -0.25) is 14.2 Å². The zero-order chi connectivity index (χ0) is 21.1. The predicted molar refractivity (Wildman–Crippen MR) is 91.8 cm³/mol. The summed E-state index contributed by atoms with van der Waals surface area (Å²) in [4.78, 5) is 42.4. The molecule has 0 saturated carbocycles. The summed E-state index contributed by atoms with van der Waals surface area (Å²) < 4.78 is 39.5. The van der Waals surface area contributed by atoms with Gasteiger partial charge in [-0.05, 0) is 24.5 Å². The summed E-state index contributed by atoms with van der Waals surface area (Å²) in [6, 6.07) is 1.21. The average Bonchev–Trinajstić information content (AvgIpc) is 2.59. The maximum atomic E-state index is 12.9. The number of carbonyl (C=O) groups is 2. The molecule has 2 aromatic rings. The van der Waals surface area contributed by atoms with Crippen molar-refractivity contribution in [3.63, 3.8) is 0 Å². The Kier molecular flexibility index (Phi) is 6.16. The molecule has 11 heteroatoms. The standard InChI is InChI=1S/C17H17F3N4O4/c1-9(2)5-11(24-8-12(17(18,19)20)21-7-14(24)25)15(26)23-13-4-3-10(6-22-13)16(27)28/h3-4,6-9,11H,5H2,1-2H3,(H,27,28)(H,22,23,26)/t11-/m0/s1. The molecule has 0 aliphatic heterocycles. The highest BCUT2D eigenvalue weighted by molar-refractivity contribution is 5.93. The number of hydrogen-bond acceptors (Lipinski definition) is 5. The Morgan fingerprint density at radius 3 is 2.39 bits per heavy atom. The minimum atomic E-state index is -4.78. The number of halogens is 3. The Hall–Kier alpha value is -3.24. The molecule has 1 amide bonds. The molecule has 0 aliphatic carbocycles. The largest absolute Gasteiger partial charge is 0.478 e. The molecule has 0 bridgehead atoms. The second-order valence-electron chi connectivity index (χ2n) is 6.39. The van der Waals surface area contributed by atoms with Gasteiger partial charge in [0.25, 0.3) is 5.56 Å². The number of carboxylic acids is 1. The summed E-state index contributed by atoms with van der Waals surface area (Å²) in [5.41, 5.74) is -2.25. The van der Waals surface area contributed by atoms with Crippen LogP contribution in [0.5, 0.6) is 0 Å². The van der Waals surface area contributed by atoms with Crippen molar-refractivity contribution in [1.29, 1.82) is 0 Å². The fourth-order valence-corrected chi connectivity index (χ4v) is 2.41. The van der Waals surface area contributed by atoms with Crippen LogP contribution in [0, 0.1) is 5.92 Å². The average molecular weight is 398 g/mol. The van der Waals surface area contributed by atoms with Crippen LogP contribution in [0.15, 0.2) is 35.5 Å². The summed E-state index contributed by atoms with van der Waals surface area (Å²) in [6.07, 6.45) is -2.64. The molecule has 0 unspecified atom stereocenters. The molecule has 0 aromatic carbocycles. The summed E-state index contributed by atoms with van der Waals surface area (Å²) >= 11 is 0. The predicted octanol–water partition coefficient (Wildman–Crippen LogP) is 2.58. The van der Waals surface area contributed by atoms with E-state index in [2.05, 4.69) is 15.3 Å². The van der Waals surface area contributed by atoms with Crippen molar-refractivity contribution < 1.29 is 27.9 Å². The van der Waals surface area contributed by atoms with Crippen molar-refractivity contribution in [3.8, 4) is 0 Å². The van der Waals surface area contributed by atoms with Gasteiger partial charge in [-0.2, -0.15) is 13.2 Å². The summed E-state index contributed by atoms with van der Waals surface area (Å²) in [5.74, 6) is -2.08. The Morgan fingerprint density at radius 2 is 1.89 bits per heavy atom. The number of aromatic nitrogens is 3. The van der Waals surface area contributed by atoms with Gasteiger partial charge in [-0.1, -0.05) is 13.8 Å². The third kappa shape index (κ3) is 5.15. The summed E-state index contributed by atoms with van der Waals surface area (Å²) in [7, 11) is 0. The van der Waals surface area contributed by atoms with E-state index in [1.165, 1.54) is 12.1 Å². The monoisotopic (exact) mass is 398 g/mol. The number of alkyl halides is 3. The molecule has 0 radical (unpaired) electrons. The van der Waals surface area contributed by atoms with Crippen LogP contribution in [0.3, 0.4) is 0 Å². The second-order valence-corrected chi connectivity index (χ2v) is 6.39. The van der Waals surface area contributed by atoms with Gasteiger partial charge in [0, 0.05) is 12.4 Å². The molecule has 2 N–H and O–H groups in total. The van der Waals surface area contributed by atoms with E-state index in [-0.39, 0.29) is 23.7 Å². The van der Waals surface area contributed by atoms with Gasteiger partial charge in [0.1, 0.15) is 11.9 Å². The molecule has 0 fully saturated rings. The minimum Gasteiger partial charge on any atom is -0.478 e. The van der Waals surface area contributed by atoms with E-state index in [0.29, 0.717) is 17.0 Å². The first kappa shape index (κ1) is 21.1. The quantitative estimate of drug-likeness (QED) is 0.773. The van der Waals surface area contributed by atoms with Gasteiger partial charge in [-0.25, -0.2) is 14.8 Å². The SMILES string of the molecule is CC(C)C[C@@H](C(=O)Nc1ccc(C(=O)O)cn1)n1cc(C(F)(F)F)ncc1=O. The maximum Gasteiger partial charge on any atom is 0.434 e. The van der Waals surface area contributed by atoms with Crippen molar-refractivity contribution in [1.82, 2.24) is 14.5 Å². The van der Waals surface area contributed by atoms with Crippen LogP contribution in [-0.2, 0) is 11.0 Å². The van der Waals surface area contributed by atoms with Gasteiger partial charge >= 0.3 is 12.1 Å². The van der Waals surface area contributed by atoms with E-state index >= 15 is 0 Å². The number of amides is 1. The summed E-state index contributed by atoms with van der Waals surface area (Å²) in [5, 5.41) is 11.2. The smallest absolute Gasteiger partial charge is 0.434 e. The molecule has 0 saturated heterocycles.